The van der Waals surface area contributed by atoms with E-state index in [-0.39, 0.29) is 23.8 Å². The molecule has 0 radical (unpaired) electrons. The lowest BCUT2D eigenvalue weighted by Gasteiger charge is -2.32. The number of hydroxylamine groups is 1. The van der Waals surface area contributed by atoms with Crippen LogP contribution in [0.4, 0.5) is 0 Å². The maximum Gasteiger partial charge on any atom is 0.274 e. The van der Waals surface area contributed by atoms with Crippen LogP contribution in [0.5, 0.6) is 0 Å². The third-order valence-electron chi connectivity index (χ3n) is 5.02. The standard InChI is InChI=1S/C24H27N3O4/c1-15-19(25-23(31-15)18-8-6-5-7-9-18)14-20(28)26-21(24(2,3)4)16-10-12-17(13-11-16)22(29)27-30/h5-13,21,30H,14H2,1-4H3,(H,26,28)(H,27,29). The Balaban J connectivity index is 1.76. The molecule has 7 nitrogen and oxygen atoms in total. The average molecular weight is 421 g/mol. The van der Waals surface area contributed by atoms with Gasteiger partial charge in [-0.25, -0.2) is 10.5 Å². The Labute approximate surface area is 181 Å². The van der Waals surface area contributed by atoms with Crippen LogP contribution in [0.3, 0.4) is 0 Å². The van der Waals surface area contributed by atoms with E-state index < -0.39 is 5.91 Å². The van der Waals surface area contributed by atoms with E-state index >= 15 is 0 Å². The van der Waals surface area contributed by atoms with Crippen LogP contribution in [0.2, 0.25) is 0 Å². The van der Waals surface area contributed by atoms with Gasteiger partial charge in [0, 0.05) is 11.1 Å². The van der Waals surface area contributed by atoms with Gasteiger partial charge in [-0.1, -0.05) is 51.1 Å². The second kappa shape index (κ2) is 9.14. The molecule has 31 heavy (non-hydrogen) atoms. The summed E-state index contributed by atoms with van der Waals surface area (Å²) in [4.78, 5) is 28.9. The molecule has 1 unspecified atom stereocenters. The number of amides is 2. The molecule has 3 aromatic rings. The molecule has 0 saturated heterocycles. The van der Waals surface area contributed by atoms with Crippen LogP contribution in [0.1, 0.15) is 54.2 Å². The summed E-state index contributed by atoms with van der Waals surface area (Å²) in [6.45, 7) is 7.89. The fourth-order valence-corrected chi connectivity index (χ4v) is 3.35. The van der Waals surface area contributed by atoms with Crippen LogP contribution < -0.4 is 10.8 Å². The number of carbonyl (C=O) groups is 2. The predicted molar refractivity (Wildman–Crippen MR) is 116 cm³/mol. The number of nitrogens with zero attached hydrogens (tertiary/aromatic N) is 1. The first-order chi connectivity index (χ1) is 14.7. The van der Waals surface area contributed by atoms with Gasteiger partial charge >= 0.3 is 0 Å². The Kier molecular flexibility index (Phi) is 6.56. The smallest absolute Gasteiger partial charge is 0.274 e. The highest BCUT2D eigenvalue weighted by Crippen LogP contribution is 2.33. The van der Waals surface area contributed by atoms with Gasteiger partial charge in [0.25, 0.3) is 5.91 Å². The Morgan fingerprint density at radius 1 is 1.06 bits per heavy atom. The number of nitrogens with one attached hydrogen (secondary N) is 2. The summed E-state index contributed by atoms with van der Waals surface area (Å²) in [5, 5.41) is 11.9. The molecular formula is C24H27N3O4. The first-order valence-electron chi connectivity index (χ1n) is 10.0. The number of oxazole rings is 1. The topological polar surface area (TPSA) is 104 Å². The summed E-state index contributed by atoms with van der Waals surface area (Å²) in [5.74, 6) is 0.346. The number of benzene rings is 2. The van der Waals surface area contributed by atoms with E-state index in [1.54, 1.807) is 36.7 Å². The minimum atomic E-state index is -0.585. The Morgan fingerprint density at radius 2 is 1.71 bits per heavy atom. The summed E-state index contributed by atoms with van der Waals surface area (Å²) in [6, 6.07) is 16.0. The molecule has 162 valence electrons. The highest BCUT2D eigenvalue weighted by Gasteiger charge is 2.28. The largest absolute Gasteiger partial charge is 0.441 e. The van der Waals surface area contributed by atoms with Crippen molar-refractivity contribution in [1.82, 2.24) is 15.8 Å². The molecule has 0 bridgehead atoms. The number of carbonyl (C=O) groups excluding carboxylic acids is 2. The van der Waals surface area contributed by atoms with Crippen molar-refractivity contribution in [2.75, 3.05) is 0 Å². The summed E-state index contributed by atoms with van der Waals surface area (Å²) < 4.78 is 5.76. The predicted octanol–water partition coefficient (Wildman–Crippen LogP) is 4.22. The maximum absolute atomic E-state index is 12.9. The van der Waals surface area contributed by atoms with Crippen molar-refractivity contribution < 1.29 is 19.2 Å². The first kappa shape index (κ1) is 22.2. The van der Waals surface area contributed by atoms with Crippen molar-refractivity contribution in [2.24, 2.45) is 5.41 Å². The molecule has 0 aliphatic carbocycles. The first-order valence-corrected chi connectivity index (χ1v) is 10.0. The van der Waals surface area contributed by atoms with Gasteiger partial charge in [0.2, 0.25) is 11.8 Å². The molecule has 0 spiro atoms. The number of aryl methyl sites for hydroxylation is 1. The Bertz CT molecular complexity index is 1050. The zero-order valence-corrected chi connectivity index (χ0v) is 18.1. The molecular weight excluding hydrogens is 394 g/mol. The molecule has 0 saturated carbocycles. The molecule has 1 atom stereocenters. The normalized spacial score (nSPS) is 12.3. The van der Waals surface area contributed by atoms with Gasteiger partial charge in [-0.05, 0) is 42.2 Å². The van der Waals surface area contributed by atoms with Crippen molar-refractivity contribution in [1.29, 1.82) is 0 Å². The van der Waals surface area contributed by atoms with Crippen molar-refractivity contribution in [3.63, 3.8) is 0 Å². The van der Waals surface area contributed by atoms with Crippen molar-refractivity contribution in [3.05, 3.63) is 77.2 Å². The lowest BCUT2D eigenvalue weighted by molar-refractivity contribution is -0.122. The van der Waals surface area contributed by atoms with E-state index in [2.05, 4.69) is 10.3 Å². The fourth-order valence-electron chi connectivity index (χ4n) is 3.35. The zero-order valence-electron chi connectivity index (χ0n) is 18.1. The molecule has 3 rings (SSSR count). The number of hydrogen-bond donors (Lipinski definition) is 3. The van der Waals surface area contributed by atoms with Gasteiger partial charge in [-0.3, -0.25) is 14.8 Å². The highest BCUT2D eigenvalue weighted by molar-refractivity contribution is 5.93. The van der Waals surface area contributed by atoms with Crippen LogP contribution in [-0.4, -0.2) is 22.0 Å². The van der Waals surface area contributed by atoms with Crippen molar-refractivity contribution >= 4 is 11.8 Å². The van der Waals surface area contributed by atoms with Gasteiger partial charge in [0.05, 0.1) is 18.2 Å². The molecule has 7 heteroatoms. The van der Waals surface area contributed by atoms with Crippen molar-refractivity contribution in [2.45, 2.75) is 40.2 Å². The van der Waals surface area contributed by atoms with Gasteiger partial charge in [-0.2, -0.15) is 0 Å². The number of hydrogen-bond acceptors (Lipinski definition) is 5. The van der Waals surface area contributed by atoms with E-state index in [0.29, 0.717) is 22.9 Å². The lowest BCUT2D eigenvalue weighted by Crippen LogP contribution is -2.37. The van der Waals surface area contributed by atoms with Gasteiger partial charge in [0.15, 0.2) is 0 Å². The molecule has 3 N–H and O–H groups in total. The number of aromatic nitrogens is 1. The maximum atomic E-state index is 12.9. The molecule has 1 aromatic heterocycles. The second-order valence-electron chi connectivity index (χ2n) is 8.49. The third-order valence-corrected chi connectivity index (χ3v) is 5.02. The monoisotopic (exact) mass is 421 g/mol. The molecule has 1 heterocycles. The minimum absolute atomic E-state index is 0.0970. The van der Waals surface area contributed by atoms with Crippen LogP contribution >= 0.6 is 0 Å². The summed E-state index contributed by atoms with van der Waals surface area (Å²) in [5.41, 5.74) is 3.98. The van der Waals surface area contributed by atoms with Crippen LogP contribution in [0.25, 0.3) is 11.5 Å². The molecule has 0 aliphatic rings. The fraction of sp³-hybridized carbons (Fsp3) is 0.292. The Hall–Kier alpha value is -3.45. The van der Waals surface area contributed by atoms with E-state index in [0.717, 1.165) is 11.1 Å². The van der Waals surface area contributed by atoms with E-state index in [1.807, 2.05) is 51.1 Å². The highest BCUT2D eigenvalue weighted by atomic mass is 16.5. The van der Waals surface area contributed by atoms with Gasteiger partial charge in [0.1, 0.15) is 5.76 Å². The molecule has 2 aromatic carbocycles. The number of rotatable bonds is 6. The Morgan fingerprint density at radius 3 is 2.29 bits per heavy atom. The second-order valence-corrected chi connectivity index (χ2v) is 8.49. The zero-order chi connectivity index (χ0) is 22.6. The van der Waals surface area contributed by atoms with Crippen molar-refractivity contribution in [3.8, 4) is 11.5 Å². The van der Waals surface area contributed by atoms with E-state index in [4.69, 9.17) is 9.62 Å². The third kappa shape index (κ3) is 5.38. The van der Waals surface area contributed by atoms with Gasteiger partial charge in [-0.15, -0.1) is 0 Å². The summed E-state index contributed by atoms with van der Waals surface area (Å²) in [7, 11) is 0. The summed E-state index contributed by atoms with van der Waals surface area (Å²) in [6.07, 6.45) is 0.0970. The van der Waals surface area contributed by atoms with Crippen LogP contribution in [0, 0.1) is 12.3 Å². The van der Waals surface area contributed by atoms with E-state index in [9.17, 15) is 9.59 Å². The molecule has 0 aliphatic heterocycles. The quantitative estimate of drug-likeness (QED) is 0.408. The summed E-state index contributed by atoms with van der Waals surface area (Å²) >= 11 is 0. The lowest BCUT2D eigenvalue weighted by atomic mass is 9.82. The average Bonchev–Trinajstić information content (AvgIpc) is 3.11. The SMILES string of the molecule is Cc1oc(-c2ccccc2)nc1CC(=O)NC(c1ccc(C(=O)NO)cc1)C(C)(C)C. The van der Waals surface area contributed by atoms with Gasteiger partial charge < -0.3 is 9.73 Å². The van der Waals surface area contributed by atoms with Crippen LogP contribution in [0.15, 0.2) is 59.0 Å². The molecule has 0 fully saturated rings. The van der Waals surface area contributed by atoms with E-state index in [1.165, 1.54) is 0 Å². The minimum Gasteiger partial charge on any atom is -0.441 e. The van der Waals surface area contributed by atoms with Crippen LogP contribution in [-0.2, 0) is 11.2 Å². The molecule has 2 amide bonds.